The number of thiophene rings is 1. The largest absolute Gasteiger partial charge is 0.465 e. The summed E-state index contributed by atoms with van der Waals surface area (Å²) in [5, 5.41) is 8.23. The molecule has 0 radical (unpaired) electrons. The van der Waals surface area contributed by atoms with Gasteiger partial charge in [-0.05, 0) is 25.1 Å². The third kappa shape index (κ3) is 3.35. The predicted molar refractivity (Wildman–Crippen MR) is 99.0 cm³/mol. The quantitative estimate of drug-likeness (QED) is 0.659. The van der Waals surface area contributed by atoms with E-state index in [-0.39, 0.29) is 10.7 Å². The second kappa shape index (κ2) is 7.03. The van der Waals surface area contributed by atoms with Crippen molar-refractivity contribution in [1.82, 2.24) is 9.78 Å². The minimum absolute atomic E-state index is 0.156. The number of carbonyl (C=O) groups is 2. The third-order valence-electron chi connectivity index (χ3n) is 3.51. The maximum atomic E-state index is 12.4. The monoisotopic (exact) mass is 397 g/mol. The average Bonchev–Trinajstić information content (AvgIpc) is 3.14. The van der Waals surface area contributed by atoms with E-state index in [0.717, 1.165) is 10.1 Å². The molecule has 0 aliphatic rings. The Labute approximate surface area is 157 Å². The van der Waals surface area contributed by atoms with E-state index in [1.165, 1.54) is 18.4 Å². The molecule has 0 saturated carbocycles. The number of fused-ring (bicyclic) bond motifs is 1. The summed E-state index contributed by atoms with van der Waals surface area (Å²) in [6.45, 7) is 2.52. The number of anilines is 1. The number of aryl methyl sites for hydroxylation is 1. The molecule has 1 amide bonds. The number of ether oxygens (including phenoxy) is 1. The Balaban J connectivity index is 1.90. The third-order valence-corrected chi connectivity index (χ3v) is 5.43. The molecule has 9 heteroatoms. The van der Waals surface area contributed by atoms with Crippen LogP contribution in [0.1, 0.15) is 27.1 Å². The minimum atomic E-state index is -0.492. The first-order valence-electron chi connectivity index (χ1n) is 7.29. The van der Waals surface area contributed by atoms with E-state index in [9.17, 15) is 9.59 Å². The molecule has 6 nitrogen and oxygen atoms in total. The van der Waals surface area contributed by atoms with E-state index in [2.05, 4.69) is 10.4 Å². The van der Waals surface area contributed by atoms with Crippen LogP contribution in [0, 0.1) is 0 Å². The summed E-state index contributed by atoms with van der Waals surface area (Å²) in [6.07, 6.45) is 1.60. The fourth-order valence-corrected chi connectivity index (χ4v) is 3.97. The van der Waals surface area contributed by atoms with Gasteiger partial charge in [0.2, 0.25) is 0 Å². The molecule has 0 unspecified atom stereocenters. The lowest BCUT2D eigenvalue weighted by Crippen LogP contribution is -2.13. The molecule has 1 N–H and O–H groups in total. The van der Waals surface area contributed by atoms with Crippen LogP contribution in [0.2, 0.25) is 10.0 Å². The Kier molecular flexibility index (Phi) is 4.99. The van der Waals surface area contributed by atoms with E-state index >= 15 is 0 Å². The van der Waals surface area contributed by atoms with Crippen LogP contribution < -0.4 is 5.32 Å². The molecule has 0 spiro atoms. The molecule has 25 heavy (non-hydrogen) atoms. The lowest BCUT2D eigenvalue weighted by atomic mass is 10.2. The van der Waals surface area contributed by atoms with Crippen LogP contribution in [-0.2, 0) is 11.3 Å². The highest BCUT2D eigenvalue weighted by Crippen LogP contribution is 2.37. The highest BCUT2D eigenvalue weighted by molar-refractivity contribution is 7.21. The van der Waals surface area contributed by atoms with Crippen molar-refractivity contribution >= 4 is 62.2 Å². The molecule has 2 heterocycles. The van der Waals surface area contributed by atoms with E-state index in [0.29, 0.717) is 22.1 Å². The molecule has 0 aliphatic carbocycles. The number of esters is 1. The van der Waals surface area contributed by atoms with Gasteiger partial charge in [0.1, 0.15) is 4.88 Å². The molecule has 3 aromatic rings. The van der Waals surface area contributed by atoms with Gasteiger partial charge in [0, 0.05) is 28.5 Å². The van der Waals surface area contributed by atoms with Gasteiger partial charge in [-0.3, -0.25) is 9.48 Å². The molecule has 0 saturated heterocycles. The zero-order chi connectivity index (χ0) is 18.1. The summed E-state index contributed by atoms with van der Waals surface area (Å²) in [7, 11) is 1.30. The molecule has 1 aromatic carbocycles. The van der Waals surface area contributed by atoms with E-state index in [1.807, 2.05) is 6.92 Å². The van der Waals surface area contributed by atoms with Crippen molar-refractivity contribution in [3.05, 3.63) is 45.0 Å². The first-order chi connectivity index (χ1) is 11.9. The van der Waals surface area contributed by atoms with E-state index in [1.54, 1.807) is 29.1 Å². The van der Waals surface area contributed by atoms with Crippen LogP contribution in [0.25, 0.3) is 10.1 Å². The summed E-state index contributed by atoms with van der Waals surface area (Å²) < 4.78 is 7.06. The van der Waals surface area contributed by atoms with Crippen LogP contribution in [-0.4, -0.2) is 28.8 Å². The van der Waals surface area contributed by atoms with Crippen molar-refractivity contribution in [2.24, 2.45) is 0 Å². The smallest absolute Gasteiger partial charge is 0.349 e. The zero-order valence-electron chi connectivity index (χ0n) is 13.3. The zero-order valence-corrected chi connectivity index (χ0v) is 15.6. The maximum absolute atomic E-state index is 12.4. The van der Waals surface area contributed by atoms with Gasteiger partial charge < -0.3 is 10.1 Å². The first kappa shape index (κ1) is 17.7. The van der Waals surface area contributed by atoms with Gasteiger partial charge in [-0.2, -0.15) is 5.10 Å². The average molecular weight is 398 g/mol. The minimum Gasteiger partial charge on any atom is -0.465 e. The number of carbonyl (C=O) groups excluding carboxylic acids is 2. The van der Waals surface area contributed by atoms with Gasteiger partial charge in [0.05, 0.1) is 17.2 Å². The SMILES string of the molecule is CCn1cc(Cl)c(C(=O)Nc2ccc3c(Cl)c(C(=O)OC)sc3c2)n1. The summed E-state index contributed by atoms with van der Waals surface area (Å²) >= 11 is 13.5. The van der Waals surface area contributed by atoms with Gasteiger partial charge in [-0.25, -0.2) is 4.79 Å². The molecule has 0 atom stereocenters. The van der Waals surface area contributed by atoms with Crippen molar-refractivity contribution in [2.45, 2.75) is 13.5 Å². The van der Waals surface area contributed by atoms with Crippen molar-refractivity contribution in [2.75, 3.05) is 12.4 Å². The van der Waals surface area contributed by atoms with E-state index in [4.69, 9.17) is 27.9 Å². The number of benzene rings is 1. The molecule has 130 valence electrons. The van der Waals surface area contributed by atoms with Crippen molar-refractivity contribution in [3.8, 4) is 0 Å². The Bertz CT molecular complexity index is 981. The van der Waals surface area contributed by atoms with Crippen LogP contribution >= 0.6 is 34.5 Å². The number of aromatic nitrogens is 2. The Hall–Kier alpha value is -2.09. The second-order valence-electron chi connectivity index (χ2n) is 5.08. The van der Waals surface area contributed by atoms with Crippen molar-refractivity contribution in [3.63, 3.8) is 0 Å². The van der Waals surface area contributed by atoms with Crippen molar-refractivity contribution in [1.29, 1.82) is 0 Å². The predicted octanol–water partition coefficient (Wildman–Crippen LogP) is 4.46. The van der Waals surface area contributed by atoms with Gasteiger partial charge >= 0.3 is 5.97 Å². The van der Waals surface area contributed by atoms with Gasteiger partial charge in [-0.15, -0.1) is 11.3 Å². The van der Waals surface area contributed by atoms with Gasteiger partial charge in [0.25, 0.3) is 5.91 Å². The van der Waals surface area contributed by atoms with Crippen LogP contribution in [0.3, 0.4) is 0 Å². The second-order valence-corrected chi connectivity index (χ2v) is 6.92. The topological polar surface area (TPSA) is 73.2 Å². The number of nitrogens with zero attached hydrogens (tertiary/aromatic N) is 2. The molecule has 0 bridgehead atoms. The highest BCUT2D eigenvalue weighted by atomic mass is 35.5. The summed E-state index contributed by atoms with van der Waals surface area (Å²) in [5.74, 6) is -0.902. The Morgan fingerprint density at radius 2 is 2.12 bits per heavy atom. The highest BCUT2D eigenvalue weighted by Gasteiger charge is 2.19. The molecule has 3 rings (SSSR count). The number of hydrogen-bond acceptors (Lipinski definition) is 5. The van der Waals surface area contributed by atoms with Crippen molar-refractivity contribution < 1.29 is 14.3 Å². The fraction of sp³-hybridized carbons (Fsp3) is 0.188. The first-order valence-corrected chi connectivity index (χ1v) is 8.86. The fourth-order valence-electron chi connectivity index (χ4n) is 2.27. The molecular weight excluding hydrogens is 385 g/mol. The number of halogens is 2. The summed E-state index contributed by atoms with van der Waals surface area (Å²) in [6, 6.07) is 5.17. The normalized spacial score (nSPS) is 10.9. The number of nitrogens with one attached hydrogen (secondary N) is 1. The van der Waals surface area contributed by atoms with E-state index < -0.39 is 11.9 Å². The molecule has 0 aliphatic heterocycles. The van der Waals surface area contributed by atoms with Crippen LogP contribution in [0.5, 0.6) is 0 Å². The summed E-state index contributed by atoms with van der Waals surface area (Å²) in [4.78, 5) is 24.4. The Morgan fingerprint density at radius 3 is 2.76 bits per heavy atom. The van der Waals surface area contributed by atoms with Gasteiger partial charge in [-0.1, -0.05) is 23.2 Å². The maximum Gasteiger partial charge on any atom is 0.349 e. The molecule has 2 aromatic heterocycles. The standard InChI is InChI=1S/C16H13Cl2N3O3S/c1-3-21-7-10(17)13(20-21)15(22)19-8-4-5-9-11(6-8)25-14(12(9)18)16(23)24-2/h4-7H,3H2,1-2H3,(H,19,22). The number of rotatable bonds is 4. The van der Waals surface area contributed by atoms with Gasteiger partial charge in [0.15, 0.2) is 5.69 Å². The molecule has 0 fully saturated rings. The van der Waals surface area contributed by atoms with Crippen LogP contribution in [0.15, 0.2) is 24.4 Å². The molecular formula is C16H13Cl2N3O3S. The lowest BCUT2D eigenvalue weighted by Gasteiger charge is -2.03. The van der Waals surface area contributed by atoms with Crippen LogP contribution in [0.4, 0.5) is 5.69 Å². The Morgan fingerprint density at radius 1 is 1.36 bits per heavy atom. The number of hydrogen-bond donors (Lipinski definition) is 1. The number of amides is 1. The lowest BCUT2D eigenvalue weighted by molar-refractivity contribution is 0.0606. The number of methoxy groups -OCH3 is 1. The summed E-state index contributed by atoms with van der Waals surface area (Å²) in [5.41, 5.74) is 0.706.